The Morgan fingerprint density at radius 3 is 2.09 bits per heavy atom. The number of likely N-dealkylation sites (tertiary alicyclic amines) is 2. The highest BCUT2D eigenvalue weighted by molar-refractivity contribution is 9.11. The highest BCUT2D eigenvalue weighted by atomic mass is 79.9. The molecule has 0 spiro atoms. The number of methoxy groups -OCH3 is 1. The number of piperazine rings is 1. The van der Waals surface area contributed by atoms with Crippen molar-refractivity contribution in [1.29, 1.82) is 0 Å². The molecule has 3 saturated heterocycles. The molecule has 3 fully saturated rings. The highest BCUT2D eigenvalue weighted by Gasteiger charge is 2.36. The lowest BCUT2D eigenvalue weighted by Gasteiger charge is -2.43. The van der Waals surface area contributed by atoms with Gasteiger partial charge in [0.05, 0.1) is 22.6 Å². The summed E-state index contributed by atoms with van der Waals surface area (Å²) in [5.74, 6) is -4.18. The van der Waals surface area contributed by atoms with Gasteiger partial charge in [0.15, 0.2) is 0 Å². The maximum atomic E-state index is 13.1. The molecular formula is C39H52Br2F2N6O6. The van der Waals surface area contributed by atoms with Gasteiger partial charge in [0, 0.05) is 89.5 Å². The van der Waals surface area contributed by atoms with Gasteiger partial charge < -0.3 is 29.9 Å². The number of aromatic hydroxyl groups is 1. The number of alkyl halides is 2. The number of carbonyl (C=O) groups excluding carboxylic acids is 4. The van der Waals surface area contributed by atoms with Crippen LogP contribution in [0.4, 0.5) is 24.1 Å². The molecule has 6 rings (SSSR count). The molecule has 302 valence electrons. The topological polar surface area (TPSA) is 126 Å². The third-order valence-electron chi connectivity index (χ3n) is 11.1. The van der Waals surface area contributed by atoms with Gasteiger partial charge in [0.1, 0.15) is 5.75 Å². The Hall–Kier alpha value is -3.34. The standard InChI is InChI=1S/C23H31Br2F2N3O3.C16H21N3O3/c1-15(11-16-12-18(24)21(32)19(25)13-16)22(33)30-5-3-17(4-6-30)29-9-7-28(8-10-29)14-20(31)23(2,26)27;1-22-16(21)18-9-7-13(8-10-18)19-11-6-12-4-2-3-5-14(12)17-15(19)20/h12-13,15,17,32H,3-11,14H2,1-2H3;2-5,13H,6-11H2,1H3,(H,17,20)/t15-;/m1./s1. The van der Waals surface area contributed by atoms with Gasteiger partial charge in [0.2, 0.25) is 11.7 Å². The Morgan fingerprint density at radius 1 is 0.909 bits per heavy atom. The van der Waals surface area contributed by atoms with E-state index in [1.165, 1.54) is 12.7 Å². The van der Waals surface area contributed by atoms with Gasteiger partial charge in [-0.1, -0.05) is 25.1 Å². The normalized spacial score (nSPS) is 19.8. The summed E-state index contributed by atoms with van der Waals surface area (Å²) in [6.45, 7) is 8.50. The zero-order valence-corrected chi connectivity index (χ0v) is 34.9. The number of amides is 4. The zero-order chi connectivity index (χ0) is 39.9. The summed E-state index contributed by atoms with van der Waals surface area (Å²) in [6, 6.07) is 12.1. The number of nitrogens with one attached hydrogen (secondary N) is 1. The van der Waals surface area contributed by atoms with Crippen LogP contribution >= 0.6 is 31.9 Å². The van der Waals surface area contributed by atoms with Crippen LogP contribution in [0.2, 0.25) is 0 Å². The number of ketones is 1. The third-order valence-corrected chi connectivity index (χ3v) is 12.3. The molecule has 2 N–H and O–H groups in total. The lowest BCUT2D eigenvalue weighted by atomic mass is 9.97. The summed E-state index contributed by atoms with van der Waals surface area (Å²) >= 11 is 6.67. The number of piperidine rings is 2. The van der Waals surface area contributed by atoms with E-state index in [1.54, 1.807) is 9.80 Å². The molecule has 0 bridgehead atoms. The van der Waals surface area contributed by atoms with Crippen molar-refractivity contribution in [1.82, 2.24) is 24.5 Å². The lowest BCUT2D eigenvalue weighted by molar-refractivity contribution is -0.142. The number of rotatable bonds is 8. The monoisotopic (exact) mass is 896 g/mol. The number of hydrogen-bond acceptors (Lipinski definition) is 8. The van der Waals surface area contributed by atoms with Crippen molar-refractivity contribution in [2.45, 2.75) is 70.4 Å². The van der Waals surface area contributed by atoms with E-state index in [4.69, 9.17) is 4.74 Å². The van der Waals surface area contributed by atoms with Crippen LogP contribution in [0.25, 0.3) is 0 Å². The van der Waals surface area contributed by atoms with E-state index in [2.05, 4.69) is 48.1 Å². The number of phenolic OH excluding ortho intramolecular Hbond substituents is 1. The summed E-state index contributed by atoms with van der Waals surface area (Å²) in [4.78, 5) is 58.3. The van der Waals surface area contributed by atoms with Gasteiger partial charge >= 0.3 is 18.0 Å². The number of fused-ring (bicyclic) bond motifs is 1. The molecule has 0 aromatic heterocycles. The number of urea groups is 1. The zero-order valence-electron chi connectivity index (χ0n) is 31.7. The predicted octanol–water partition coefficient (Wildman–Crippen LogP) is 6.24. The first kappa shape index (κ1) is 42.8. The van der Waals surface area contributed by atoms with Crippen molar-refractivity contribution in [3.8, 4) is 5.75 Å². The number of anilines is 1. The van der Waals surface area contributed by atoms with Crippen molar-refractivity contribution >= 4 is 61.4 Å². The lowest BCUT2D eigenvalue weighted by Crippen LogP contribution is -2.55. The van der Waals surface area contributed by atoms with E-state index >= 15 is 0 Å². The number of Topliss-reactive ketones (excluding diaryl/α,β-unsaturated/α-hetero) is 1. The van der Waals surface area contributed by atoms with E-state index in [0.717, 1.165) is 56.4 Å². The highest BCUT2D eigenvalue weighted by Crippen LogP contribution is 2.34. The van der Waals surface area contributed by atoms with Crippen LogP contribution in [0.5, 0.6) is 5.75 Å². The SMILES string of the molecule is COC(=O)N1CCC(N2CCc3ccccc3NC2=O)CC1.C[C@H](Cc1cc(Br)c(O)c(Br)c1)C(=O)N1CCC(N2CCN(CC(=O)C(C)(F)F)CC2)CC1. The van der Waals surface area contributed by atoms with Gasteiger partial charge in [-0.15, -0.1) is 0 Å². The van der Waals surface area contributed by atoms with Crippen LogP contribution in [0, 0.1) is 5.92 Å². The molecule has 4 aliphatic rings. The Balaban J connectivity index is 0.000000228. The molecule has 55 heavy (non-hydrogen) atoms. The second-order valence-corrected chi connectivity index (χ2v) is 16.6. The molecular weight excluding hydrogens is 846 g/mol. The Labute approximate surface area is 338 Å². The molecule has 0 unspecified atom stereocenters. The van der Waals surface area contributed by atoms with Gasteiger partial charge in [0.25, 0.3) is 0 Å². The number of para-hydroxylation sites is 1. The molecule has 16 heteroatoms. The van der Waals surface area contributed by atoms with Gasteiger partial charge in [-0.2, -0.15) is 8.78 Å². The van der Waals surface area contributed by atoms with Crippen molar-refractivity contribution in [2.75, 3.05) is 77.9 Å². The smallest absolute Gasteiger partial charge is 0.409 e. The molecule has 12 nitrogen and oxygen atoms in total. The minimum atomic E-state index is -3.27. The van der Waals surface area contributed by atoms with Crippen LogP contribution in [-0.4, -0.2) is 144 Å². The molecule has 4 heterocycles. The number of carbonyl (C=O) groups is 4. The quantitative estimate of drug-likeness (QED) is 0.320. The molecule has 4 aliphatic heterocycles. The fourth-order valence-electron chi connectivity index (χ4n) is 7.80. The van der Waals surface area contributed by atoms with Crippen molar-refractivity contribution in [2.24, 2.45) is 5.92 Å². The summed E-state index contributed by atoms with van der Waals surface area (Å²) in [6.07, 6.45) is 4.52. The number of benzene rings is 2. The fraction of sp³-hybridized carbons (Fsp3) is 0.590. The molecule has 1 atom stereocenters. The summed E-state index contributed by atoms with van der Waals surface area (Å²) in [7, 11) is 1.40. The van der Waals surface area contributed by atoms with Crippen LogP contribution in [0.15, 0.2) is 45.3 Å². The fourth-order valence-corrected chi connectivity index (χ4v) is 9.08. The molecule has 2 aromatic rings. The van der Waals surface area contributed by atoms with Crippen LogP contribution < -0.4 is 5.32 Å². The molecule has 2 aromatic carbocycles. The van der Waals surface area contributed by atoms with Crippen LogP contribution in [0.3, 0.4) is 0 Å². The maximum Gasteiger partial charge on any atom is 0.409 e. The van der Waals surface area contributed by atoms with Crippen molar-refractivity contribution in [3.05, 3.63) is 56.5 Å². The van der Waals surface area contributed by atoms with E-state index < -0.39 is 11.7 Å². The van der Waals surface area contributed by atoms with Crippen LogP contribution in [-0.2, 0) is 27.2 Å². The largest absolute Gasteiger partial charge is 0.506 e. The number of nitrogens with zero attached hydrogens (tertiary/aromatic N) is 5. The number of hydrogen-bond donors (Lipinski definition) is 2. The first-order valence-electron chi connectivity index (χ1n) is 19.0. The van der Waals surface area contributed by atoms with Gasteiger partial charge in [-0.05, 0) is 99.7 Å². The molecule has 0 saturated carbocycles. The Bertz CT molecular complexity index is 1650. The van der Waals surface area contributed by atoms with E-state index in [1.807, 2.05) is 47.1 Å². The average molecular weight is 899 g/mol. The minimum absolute atomic E-state index is 0.0403. The number of halogens is 4. The summed E-state index contributed by atoms with van der Waals surface area (Å²) in [5, 5.41) is 12.9. The third kappa shape index (κ3) is 11.4. The summed E-state index contributed by atoms with van der Waals surface area (Å²) in [5.41, 5.74) is 3.05. The Morgan fingerprint density at radius 2 is 1.49 bits per heavy atom. The maximum absolute atomic E-state index is 13.1. The summed E-state index contributed by atoms with van der Waals surface area (Å²) < 4.78 is 32.2. The van der Waals surface area contributed by atoms with E-state index in [9.17, 15) is 33.1 Å². The van der Waals surface area contributed by atoms with E-state index in [-0.39, 0.29) is 42.3 Å². The number of ether oxygens (including phenoxy) is 1. The molecule has 0 radical (unpaired) electrons. The predicted molar refractivity (Wildman–Crippen MR) is 212 cm³/mol. The molecule has 0 aliphatic carbocycles. The van der Waals surface area contributed by atoms with Gasteiger partial charge in [-0.3, -0.25) is 19.4 Å². The van der Waals surface area contributed by atoms with Gasteiger partial charge in [-0.25, -0.2) is 9.59 Å². The van der Waals surface area contributed by atoms with Crippen molar-refractivity contribution in [3.63, 3.8) is 0 Å². The Kier molecular flexibility index (Phi) is 14.9. The first-order valence-corrected chi connectivity index (χ1v) is 20.5. The van der Waals surface area contributed by atoms with Crippen LogP contribution in [0.1, 0.15) is 50.7 Å². The van der Waals surface area contributed by atoms with Crippen molar-refractivity contribution < 1.29 is 37.8 Å². The van der Waals surface area contributed by atoms with E-state index in [0.29, 0.717) is 74.1 Å². The molecule has 4 amide bonds. The second-order valence-electron chi connectivity index (χ2n) is 14.9. The average Bonchev–Trinajstić information content (AvgIpc) is 3.34. The minimum Gasteiger partial charge on any atom is -0.506 e. The first-order chi connectivity index (χ1) is 26.1. The number of phenols is 1. The second kappa shape index (κ2) is 19.2.